The molecule has 0 unspecified atom stereocenters. The summed E-state index contributed by atoms with van der Waals surface area (Å²) in [6, 6.07) is -0.694. The molecule has 2 rings (SSSR count). The summed E-state index contributed by atoms with van der Waals surface area (Å²) in [6.45, 7) is 0.944. The Labute approximate surface area is 228 Å². The number of unbranched alkanes of at least 4 members (excludes halogenated alkanes) is 5. The van der Waals surface area contributed by atoms with E-state index >= 15 is 0 Å². The van der Waals surface area contributed by atoms with Crippen LogP contribution in [0.5, 0.6) is 0 Å². The minimum absolute atomic E-state index is 0.000841. The molecule has 2 heterocycles. The molecule has 0 aromatic carbocycles. The molecular weight excluding hydrogens is 506 g/mol. The molecule has 2 aliphatic heterocycles. The van der Waals surface area contributed by atoms with Gasteiger partial charge in [0.15, 0.2) is 5.78 Å². The second-order valence-electron chi connectivity index (χ2n) is 9.56. The maximum absolute atomic E-state index is 12.9. The normalized spacial score (nSPS) is 15.4. The standard InChI is InChI=1S/C27H39N5O7/c28-16-6-3-1-2-4-9-21(33)20(30-23(35)15-19-32-26(38)12-13-27(32)39)8-5-7-17-29-22(34)14-18-31-24(36)10-11-25(31)37/h10-13,20H,1-9,14-19,28H2,(H,29,34)(H,30,35)/t20-/m0/s1. The number of nitrogens with zero attached hydrogens (tertiary/aromatic N) is 2. The Morgan fingerprint density at radius 2 is 1.18 bits per heavy atom. The Hall–Kier alpha value is -3.67. The topological polar surface area (TPSA) is 176 Å². The number of hydrogen-bond acceptors (Lipinski definition) is 8. The fraction of sp³-hybridized carbons (Fsp3) is 0.593. The maximum atomic E-state index is 12.9. The highest BCUT2D eigenvalue weighted by Crippen LogP contribution is 2.11. The molecule has 0 aliphatic carbocycles. The number of amides is 6. The summed E-state index contributed by atoms with van der Waals surface area (Å²) in [5.41, 5.74) is 5.50. The van der Waals surface area contributed by atoms with Crippen LogP contribution in [0.4, 0.5) is 0 Å². The third-order valence-corrected chi connectivity index (χ3v) is 6.52. The molecule has 0 aromatic rings. The van der Waals surface area contributed by atoms with Crippen molar-refractivity contribution in [1.82, 2.24) is 20.4 Å². The number of imide groups is 2. The zero-order valence-corrected chi connectivity index (χ0v) is 22.3. The van der Waals surface area contributed by atoms with E-state index in [1.54, 1.807) is 0 Å². The van der Waals surface area contributed by atoms with Gasteiger partial charge >= 0.3 is 0 Å². The maximum Gasteiger partial charge on any atom is 0.253 e. The molecule has 214 valence electrons. The fourth-order valence-electron chi connectivity index (χ4n) is 4.25. The van der Waals surface area contributed by atoms with Crippen molar-refractivity contribution in [2.45, 2.75) is 76.7 Å². The minimum Gasteiger partial charge on any atom is -0.356 e. The lowest BCUT2D eigenvalue weighted by molar-refractivity contribution is -0.139. The molecule has 0 saturated carbocycles. The third kappa shape index (κ3) is 11.3. The van der Waals surface area contributed by atoms with Crippen molar-refractivity contribution >= 4 is 41.2 Å². The van der Waals surface area contributed by atoms with Crippen LogP contribution in [0.15, 0.2) is 24.3 Å². The average Bonchev–Trinajstić information content (AvgIpc) is 3.41. The Kier molecular flexibility index (Phi) is 13.8. The zero-order chi connectivity index (χ0) is 28.6. The van der Waals surface area contributed by atoms with Crippen molar-refractivity contribution in [3.8, 4) is 0 Å². The molecule has 0 bridgehead atoms. The summed E-state index contributed by atoms with van der Waals surface area (Å²) in [5, 5.41) is 5.49. The Morgan fingerprint density at radius 3 is 1.74 bits per heavy atom. The van der Waals surface area contributed by atoms with Crippen molar-refractivity contribution < 1.29 is 33.6 Å². The van der Waals surface area contributed by atoms with Gasteiger partial charge in [-0.1, -0.05) is 19.3 Å². The van der Waals surface area contributed by atoms with Gasteiger partial charge in [-0.2, -0.15) is 0 Å². The number of nitrogens with two attached hydrogens (primary N) is 1. The van der Waals surface area contributed by atoms with Crippen LogP contribution in [0.3, 0.4) is 0 Å². The van der Waals surface area contributed by atoms with E-state index < -0.39 is 35.6 Å². The first-order valence-corrected chi connectivity index (χ1v) is 13.6. The number of carbonyl (C=O) groups is 7. The molecule has 1 atom stereocenters. The summed E-state index contributed by atoms with van der Waals surface area (Å²) >= 11 is 0. The van der Waals surface area contributed by atoms with Gasteiger partial charge in [0.1, 0.15) is 0 Å². The predicted molar refractivity (Wildman–Crippen MR) is 142 cm³/mol. The summed E-state index contributed by atoms with van der Waals surface area (Å²) in [4.78, 5) is 85.9. The number of hydrogen-bond donors (Lipinski definition) is 3. The smallest absolute Gasteiger partial charge is 0.253 e. The second kappa shape index (κ2) is 17.0. The first-order chi connectivity index (χ1) is 18.7. The van der Waals surface area contributed by atoms with Crippen molar-refractivity contribution in [1.29, 1.82) is 0 Å². The number of carbonyl (C=O) groups excluding carboxylic acids is 7. The van der Waals surface area contributed by atoms with Gasteiger partial charge in [-0.3, -0.25) is 43.4 Å². The van der Waals surface area contributed by atoms with Crippen molar-refractivity contribution in [3.05, 3.63) is 24.3 Å². The van der Waals surface area contributed by atoms with Crippen LogP contribution in [0.2, 0.25) is 0 Å². The van der Waals surface area contributed by atoms with Crippen LogP contribution in [0.25, 0.3) is 0 Å². The monoisotopic (exact) mass is 545 g/mol. The Bertz CT molecular complexity index is 955. The number of rotatable bonds is 20. The van der Waals surface area contributed by atoms with E-state index in [-0.39, 0.29) is 37.6 Å². The highest BCUT2D eigenvalue weighted by molar-refractivity contribution is 6.13. The summed E-state index contributed by atoms with van der Waals surface area (Å²) in [5.74, 6) is -2.58. The van der Waals surface area contributed by atoms with Gasteiger partial charge in [-0.05, 0) is 38.6 Å². The SMILES string of the molecule is NCCCCCCCC(=O)[C@H](CCCCNC(=O)CCN1C(=O)C=CC1=O)NC(=O)CCN1C(=O)C=CC1=O. The molecule has 0 aromatic heterocycles. The molecule has 0 radical (unpaired) electrons. The van der Waals surface area contributed by atoms with Gasteiger partial charge in [-0.15, -0.1) is 0 Å². The Morgan fingerprint density at radius 1 is 0.667 bits per heavy atom. The highest BCUT2D eigenvalue weighted by Gasteiger charge is 2.26. The first kappa shape index (κ1) is 31.5. The van der Waals surface area contributed by atoms with Crippen LogP contribution in [0, 0.1) is 0 Å². The number of Topliss-reactive ketones (excluding diaryl/α,β-unsaturated/α-hetero) is 1. The Balaban J connectivity index is 1.73. The first-order valence-electron chi connectivity index (χ1n) is 13.6. The zero-order valence-electron chi connectivity index (χ0n) is 22.3. The van der Waals surface area contributed by atoms with Gasteiger partial charge < -0.3 is 16.4 Å². The van der Waals surface area contributed by atoms with E-state index in [1.807, 2.05) is 0 Å². The molecule has 0 saturated heterocycles. The van der Waals surface area contributed by atoms with Crippen LogP contribution in [-0.2, 0) is 33.6 Å². The lowest BCUT2D eigenvalue weighted by atomic mass is 9.99. The largest absolute Gasteiger partial charge is 0.356 e. The van der Waals surface area contributed by atoms with E-state index in [0.717, 1.165) is 47.6 Å². The fourth-order valence-corrected chi connectivity index (χ4v) is 4.25. The number of ketones is 1. The summed E-state index contributed by atoms with van der Waals surface area (Å²) < 4.78 is 0. The van der Waals surface area contributed by atoms with Gasteiger partial charge in [0.05, 0.1) is 6.04 Å². The molecule has 4 N–H and O–H groups in total. The van der Waals surface area contributed by atoms with Crippen LogP contribution in [0.1, 0.15) is 70.6 Å². The molecule has 0 fully saturated rings. The van der Waals surface area contributed by atoms with Crippen LogP contribution >= 0.6 is 0 Å². The molecular formula is C27H39N5O7. The van der Waals surface area contributed by atoms with Crippen LogP contribution < -0.4 is 16.4 Å². The molecule has 6 amide bonds. The molecule has 12 nitrogen and oxygen atoms in total. The minimum atomic E-state index is -0.694. The molecule has 12 heteroatoms. The molecule has 2 aliphatic rings. The van der Waals surface area contributed by atoms with Gasteiger partial charge in [0.2, 0.25) is 11.8 Å². The van der Waals surface area contributed by atoms with E-state index in [4.69, 9.17) is 5.73 Å². The van der Waals surface area contributed by atoms with Gasteiger partial charge in [-0.25, -0.2) is 0 Å². The third-order valence-electron chi connectivity index (χ3n) is 6.52. The van der Waals surface area contributed by atoms with E-state index in [0.29, 0.717) is 45.2 Å². The van der Waals surface area contributed by atoms with Gasteiger partial charge in [0.25, 0.3) is 23.6 Å². The predicted octanol–water partition coefficient (Wildman–Crippen LogP) is 0.256. The quantitative estimate of drug-likeness (QED) is 0.144. The van der Waals surface area contributed by atoms with E-state index in [2.05, 4.69) is 10.6 Å². The lowest BCUT2D eigenvalue weighted by Gasteiger charge is -2.19. The van der Waals surface area contributed by atoms with E-state index in [1.165, 1.54) is 12.2 Å². The molecule has 39 heavy (non-hydrogen) atoms. The van der Waals surface area contributed by atoms with Crippen molar-refractivity contribution in [3.63, 3.8) is 0 Å². The summed E-state index contributed by atoms with van der Waals surface area (Å²) in [6.07, 6.45) is 11.0. The van der Waals surface area contributed by atoms with E-state index in [9.17, 15) is 33.6 Å². The lowest BCUT2D eigenvalue weighted by Crippen LogP contribution is -2.42. The van der Waals surface area contributed by atoms with Gasteiger partial charge in [0, 0.05) is 63.2 Å². The van der Waals surface area contributed by atoms with Crippen molar-refractivity contribution in [2.24, 2.45) is 5.73 Å². The highest BCUT2D eigenvalue weighted by atomic mass is 16.2. The number of nitrogens with one attached hydrogen (secondary N) is 2. The summed E-state index contributed by atoms with van der Waals surface area (Å²) in [7, 11) is 0. The average molecular weight is 546 g/mol. The van der Waals surface area contributed by atoms with Crippen molar-refractivity contribution in [2.75, 3.05) is 26.2 Å². The second-order valence-corrected chi connectivity index (χ2v) is 9.56. The molecule has 0 spiro atoms. The van der Waals surface area contributed by atoms with Crippen LogP contribution in [-0.4, -0.2) is 83.2 Å².